The summed E-state index contributed by atoms with van der Waals surface area (Å²) in [5.74, 6) is 0.482. The third-order valence-corrected chi connectivity index (χ3v) is 8.95. The highest BCUT2D eigenvalue weighted by molar-refractivity contribution is 6.13. The molecule has 5 nitrogen and oxygen atoms in total. The zero-order valence-corrected chi connectivity index (χ0v) is 25.3. The maximum Gasteiger partial charge on any atom is 0.238 e. The van der Waals surface area contributed by atoms with Gasteiger partial charge in [0.15, 0.2) is 11.6 Å². The van der Waals surface area contributed by atoms with Gasteiger partial charge in [-0.05, 0) is 58.3 Å². The van der Waals surface area contributed by atoms with Crippen LogP contribution in [0.25, 0.3) is 94.4 Å². The topological polar surface area (TPSA) is 56.7 Å². The molecule has 0 aliphatic carbocycles. The van der Waals surface area contributed by atoms with Gasteiger partial charge in [-0.1, -0.05) is 121 Å². The van der Waals surface area contributed by atoms with Crippen molar-refractivity contribution in [2.24, 2.45) is 0 Å². The monoisotopic (exact) mass is 619 g/mol. The lowest BCUT2D eigenvalue weighted by atomic mass is 9.99. The summed E-state index contributed by atoms with van der Waals surface area (Å²) >= 11 is 0. The Labute approximate surface area is 282 Å². The summed E-state index contributed by atoms with van der Waals surface area (Å²) < 4.78 is 51.0. The van der Waals surface area contributed by atoms with E-state index in [4.69, 9.17) is 26.2 Å². The maximum atomic E-state index is 8.81. The molecule has 10 aromatic rings. The van der Waals surface area contributed by atoms with Crippen molar-refractivity contribution in [2.75, 3.05) is 0 Å². The second kappa shape index (κ2) is 10.5. The summed E-state index contributed by atoms with van der Waals surface area (Å²) in [6.45, 7) is 0. The zero-order valence-electron chi connectivity index (χ0n) is 30.3. The summed E-state index contributed by atoms with van der Waals surface area (Å²) in [4.78, 5) is 14.8. The molecule has 0 aliphatic heterocycles. The first kappa shape index (κ1) is 22.0. The molecule has 0 fully saturated rings. The zero-order chi connectivity index (χ0) is 36.0. The van der Waals surface area contributed by atoms with Crippen LogP contribution >= 0.6 is 0 Å². The van der Waals surface area contributed by atoms with E-state index in [1.54, 1.807) is 0 Å². The molecule has 0 radical (unpaired) electrons. The average molecular weight is 620 g/mol. The van der Waals surface area contributed by atoms with Crippen LogP contribution in [0.5, 0.6) is 0 Å². The minimum atomic E-state index is -0.488. The van der Waals surface area contributed by atoms with Gasteiger partial charge in [0.05, 0.1) is 17.9 Å². The molecule has 48 heavy (non-hydrogen) atoms. The summed E-state index contributed by atoms with van der Waals surface area (Å²) in [7, 11) is 0. The Bertz CT molecular complexity index is 3070. The fourth-order valence-electron chi connectivity index (χ4n) is 6.76. The lowest BCUT2D eigenvalue weighted by molar-refractivity contribution is 0.669. The molecule has 3 aromatic heterocycles. The second-order valence-electron chi connectivity index (χ2n) is 11.7. The van der Waals surface area contributed by atoms with Crippen LogP contribution in [-0.2, 0) is 0 Å². The molecular formula is C43H26N4O. The Kier molecular flexibility index (Phi) is 4.81. The molecule has 0 unspecified atom stereocenters. The smallest absolute Gasteiger partial charge is 0.238 e. The van der Waals surface area contributed by atoms with Crippen molar-refractivity contribution in [3.05, 3.63) is 158 Å². The molecule has 0 atom stereocenters. The molecule has 0 amide bonds. The van der Waals surface area contributed by atoms with Crippen LogP contribution in [0.1, 0.15) is 6.85 Å². The first-order valence-electron chi connectivity index (χ1n) is 18.1. The van der Waals surface area contributed by atoms with Gasteiger partial charge in [-0.3, -0.25) is 4.57 Å². The van der Waals surface area contributed by atoms with Crippen LogP contribution in [0.3, 0.4) is 0 Å². The van der Waals surface area contributed by atoms with Gasteiger partial charge < -0.3 is 4.42 Å². The lowest BCUT2D eigenvalue weighted by Crippen LogP contribution is -2.06. The molecule has 10 rings (SSSR count). The van der Waals surface area contributed by atoms with E-state index in [1.807, 2.05) is 95.6 Å². The van der Waals surface area contributed by atoms with Crippen molar-refractivity contribution in [3.8, 4) is 39.9 Å². The molecule has 7 aromatic carbocycles. The SMILES string of the molecule is [2H]c1c([2H])c([2H])c(-c2nc(-c3cccc4oc5cc(-c6ccc7ccccc7c6)ccc5c34)nc(-n3c4ccccc4c4ccccc43)n2)c([2H])c1[2H]. The van der Waals surface area contributed by atoms with Crippen LogP contribution in [0.15, 0.2) is 162 Å². The number of furan rings is 1. The first-order valence-corrected chi connectivity index (χ1v) is 15.6. The predicted octanol–water partition coefficient (Wildman–Crippen LogP) is 11.0. The molecule has 0 saturated heterocycles. The highest BCUT2D eigenvalue weighted by Crippen LogP contribution is 2.39. The highest BCUT2D eigenvalue weighted by atomic mass is 16.3. The highest BCUT2D eigenvalue weighted by Gasteiger charge is 2.20. The molecule has 5 heteroatoms. The second-order valence-corrected chi connectivity index (χ2v) is 11.7. The Balaban J connectivity index is 1.24. The van der Waals surface area contributed by atoms with Gasteiger partial charge in [0.1, 0.15) is 11.2 Å². The number of fused-ring (bicyclic) bond motifs is 7. The van der Waals surface area contributed by atoms with Crippen molar-refractivity contribution >= 4 is 54.5 Å². The van der Waals surface area contributed by atoms with E-state index in [1.165, 1.54) is 5.39 Å². The molecule has 0 bridgehead atoms. The molecule has 0 aliphatic rings. The fourth-order valence-corrected chi connectivity index (χ4v) is 6.76. The number of rotatable bonds is 4. The van der Waals surface area contributed by atoms with E-state index in [0.717, 1.165) is 49.1 Å². The fraction of sp³-hybridized carbons (Fsp3) is 0. The van der Waals surface area contributed by atoms with E-state index >= 15 is 0 Å². The van der Waals surface area contributed by atoms with Crippen LogP contribution in [0.2, 0.25) is 0 Å². The average Bonchev–Trinajstić information content (AvgIpc) is 3.74. The van der Waals surface area contributed by atoms with Crippen LogP contribution in [0, 0.1) is 0 Å². The van der Waals surface area contributed by atoms with Gasteiger partial charge in [0.25, 0.3) is 0 Å². The molecule has 0 spiro atoms. The minimum Gasteiger partial charge on any atom is -0.456 e. The van der Waals surface area contributed by atoms with E-state index in [9.17, 15) is 0 Å². The third kappa shape index (κ3) is 4.15. The quantitative estimate of drug-likeness (QED) is 0.197. The maximum absolute atomic E-state index is 8.81. The molecular weight excluding hydrogens is 589 g/mol. The van der Waals surface area contributed by atoms with Crippen molar-refractivity contribution in [1.82, 2.24) is 19.5 Å². The van der Waals surface area contributed by atoms with E-state index in [2.05, 4.69) is 36.4 Å². The Morgan fingerprint density at radius 2 is 1.19 bits per heavy atom. The van der Waals surface area contributed by atoms with Gasteiger partial charge in [0, 0.05) is 32.7 Å². The lowest BCUT2D eigenvalue weighted by Gasteiger charge is -2.11. The normalized spacial score (nSPS) is 13.2. The summed E-state index contributed by atoms with van der Waals surface area (Å²) in [6, 6.07) is 40.2. The number of nitrogens with zero attached hydrogens (tertiary/aromatic N) is 4. The number of hydrogen-bond acceptors (Lipinski definition) is 4. The van der Waals surface area contributed by atoms with Crippen molar-refractivity contribution < 1.29 is 11.3 Å². The van der Waals surface area contributed by atoms with E-state index < -0.39 is 30.2 Å². The van der Waals surface area contributed by atoms with Gasteiger partial charge >= 0.3 is 0 Å². The predicted molar refractivity (Wildman–Crippen MR) is 195 cm³/mol. The number of benzene rings is 7. The number of para-hydroxylation sites is 2. The van der Waals surface area contributed by atoms with Crippen molar-refractivity contribution in [2.45, 2.75) is 0 Å². The number of aromatic nitrogens is 4. The van der Waals surface area contributed by atoms with Crippen molar-refractivity contribution in [3.63, 3.8) is 0 Å². The Morgan fingerprint density at radius 3 is 2.00 bits per heavy atom. The molecule has 0 N–H and O–H groups in total. The van der Waals surface area contributed by atoms with E-state index in [0.29, 0.717) is 16.7 Å². The minimum absolute atomic E-state index is 0.0349. The third-order valence-electron chi connectivity index (χ3n) is 8.95. The molecule has 0 saturated carbocycles. The number of hydrogen-bond donors (Lipinski definition) is 0. The van der Waals surface area contributed by atoms with Crippen molar-refractivity contribution in [1.29, 1.82) is 0 Å². The Morgan fingerprint density at radius 1 is 0.500 bits per heavy atom. The van der Waals surface area contributed by atoms with E-state index in [-0.39, 0.29) is 23.2 Å². The van der Waals surface area contributed by atoms with Gasteiger partial charge in [-0.2, -0.15) is 9.97 Å². The summed E-state index contributed by atoms with van der Waals surface area (Å²) in [6.07, 6.45) is 0. The summed E-state index contributed by atoms with van der Waals surface area (Å²) in [5, 5.41) is 5.98. The van der Waals surface area contributed by atoms with Crippen LogP contribution < -0.4 is 0 Å². The standard InChI is InChI=1S/C43H26N4O/c1-2-12-28(13-3-1)41-44-42(46-43(45-41)47-36-18-8-6-15-32(36)33-16-7-9-19-37(33)47)35-17-10-20-38-40(35)34-24-23-31(26-39(34)48-38)30-22-21-27-11-4-5-14-29(27)25-30/h1-26H/i1D,2D,3D,12D,13D. The molecule has 224 valence electrons. The van der Waals surface area contributed by atoms with Gasteiger partial charge in [-0.25, -0.2) is 4.98 Å². The molecule has 3 heterocycles. The van der Waals surface area contributed by atoms with Gasteiger partial charge in [-0.15, -0.1) is 0 Å². The van der Waals surface area contributed by atoms with Gasteiger partial charge in [0.2, 0.25) is 5.95 Å². The van der Waals surface area contributed by atoms with Crippen LogP contribution in [-0.4, -0.2) is 19.5 Å². The Hall–Kier alpha value is -6.59. The largest absolute Gasteiger partial charge is 0.456 e. The summed E-state index contributed by atoms with van der Waals surface area (Å²) in [5.41, 5.74) is 5.67. The van der Waals surface area contributed by atoms with Crippen LogP contribution in [0.4, 0.5) is 0 Å². The first-order chi connectivity index (χ1) is 25.9.